The molecule has 0 fully saturated rings. The molecule has 0 spiro atoms. The molecule has 64 heavy (non-hydrogen) atoms. The third-order valence-electron chi connectivity index (χ3n) is 11.8. The molecule has 5 heteroatoms. The average Bonchev–Trinajstić information content (AvgIpc) is 3.89. The molecule has 1 aliphatic carbocycles. The van der Waals surface area contributed by atoms with Crippen LogP contribution in [-0.4, -0.2) is 8.07 Å². The molecule has 1 aliphatic rings. The zero-order valence-electron chi connectivity index (χ0n) is 35.1. The Bertz CT molecular complexity index is 2500. The van der Waals surface area contributed by atoms with Crippen LogP contribution >= 0.6 is 37.2 Å². The van der Waals surface area contributed by atoms with E-state index in [1.165, 1.54) is 87.5 Å². The van der Waals surface area contributed by atoms with E-state index in [1.54, 1.807) is 0 Å². The second-order valence-corrected chi connectivity index (χ2v) is 19.3. The number of allylic oxidation sites excluding steroid dienone is 4. The normalized spacial score (nSPS) is 11.5. The molecular formula is C59H46Cl3SiTi-. The smallest absolute Gasteiger partial charge is 0.144 e. The van der Waals surface area contributed by atoms with Crippen molar-refractivity contribution < 1.29 is 21.7 Å². The Labute approximate surface area is 412 Å². The fourth-order valence-electron chi connectivity index (χ4n) is 8.94. The molecule has 9 aromatic carbocycles. The third-order valence-corrected chi connectivity index (χ3v) is 16.5. The summed E-state index contributed by atoms with van der Waals surface area (Å²) in [7, 11) is -3.26. The van der Waals surface area contributed by atoms with Crippen molar-refractivity contribution in [1.82, 2.24) is 0 Å². The van der Waals surface area contributed by atoms with Crippen LogP contribution in [-0.2, 0) is 21.7 Å². The second kappa shape index (κ2) is 21.8. The van der Waals surface area contributed by atoms with Gasteiger partial charge in [-0.1, -0.05) is 218 Å². The fourth-order valence-corrected chi connectivity index (χ4v) is 13.8. The maximum absolute atomic E-state index is 4.02. The van der Waals surface area contributed by atoms with Gasteiger partial charge in [0.05, 0.1) is 0 Å². The minimum absolute atomic E-state index is 0. The van der Waals surface area contributed by atoms with Crippen LogP contribution in [0.25, 0.3) is 66.8 Å². The first-order valence-corrected chi connectivity index (χ1v) is 22.8. The van der Waals surface area contributed by atoms with Crippen LogP contribution in [0, 0.1) is 6.08 Å². The van der Waals surface area contributed by atoms with Crippen molar-refractivity contribution >= 4 is 60.9 Å². The molecule has 0 amide bonds. The van der Waals surface area contributed by atoms with E-state index < -0.39 is 8.07 Å². The van der Waals surface area contributed by atoms with Gasteiger partial charge in [0.15, 0.2) is 0 Å². The van der Waals surface area contributed by atoms with Crippen molar-refractivity contribution in [3.05, 3.63) is 260 Å². The summed E-state index contributed by atoms with van der Waals surface area (Å²) in [6, 6.07) is 87.5. The van der Waals surface area contributed by atoms with Gasteiger partial charge >= 0.3 is 0 Å². The van der Waals surface area contributed by atoms with Gasteiger partial charge in [-0.3, -0.25) is 6.08 Å². The Morgan fingerprint density at radius 1 is 0.281 bits per heavy atom. The van der Waals surface area contributed by atoms with Gasteiger partial charge in [0.1, 0.15) is 8.07 Å². The first-order valence-electron chi connectivity index (χ1n) is 20.8. The van der Waals surface area contributed by atoms with Crippen LogP contribution in [0.5, 0.6) is 0 Å². The molecule has 0 aliphatic heterocycles. The van der Waals surface area contributed by atoms with E-state index in [-0.39, 0.29) is 58.9 Å². The Balaban J connectivity index is 0.00000170. The van der Waals surface area contributed by atoms with Gasteiger partial charge in [0.25, 0.3) is 0 Å². The molecule has 0 nitrogen and oxygen atoms in total. The molecule has 0 radical (unpaired) electrons. The summed E-state index contributed by atoms with van der Waals surface area (Å²) in [4.78, 5) is 0. The van der Waals surface area contributed by atoms with E-state index in [0.717, 1.165) is 6.42 Å². The molecule has 0 bridgehead atoms. The van der Waals surface area contributed by atoms with Crippen LogP contribution in [0.1, 0.15) is 6.42 Å². The van der Waals surface area contributed by atoms with E-state index in [4.69, 9.17) is 0 Å². The maximum Gasteiger partial charge on any atom is 0.144 e. The Morgan fingerprint density at radius 3 is 0.688 bits per heavy atom. The minimum Gasteiger partial charge on any atom is -0.273 e. The molecule has 0 unspecified atom stereocenters. The summed E-state index contributed by atoms with van der Waals surface area (Å²) < 4.78 is 0. The molecule has 0 saturated carbocycles. The summed E-state index contributed by atoms with van der Waals surface area (Å²) in [5, 5.41) is 5.25. The van der Waals surface area contributed by atoms with E-state index >= 15 is 0 Å². The zero-order chi connectivity index (χ0) is 40.1. The van der Waals surface area contributed by atoms with Gasteiger partial charge in [-0.15, -0.1) is 43.6 Å². The van der Waals surface area contributed by atoms with Gasteiger partial charge in [-0.2, -0.15) is 6.08 Å². The van der Waals surface area contributed by atoms with E-state index in [0.29, 0.717) is 0 Å². The molecule has 0 heterocycles. The molecular weight excluding hydrogens is 891 g/mol. The van der Waals surface area contributed by atoms with Crippen LogP contribution in [0.2, 0.25) is 0 Å². The Hall–Kier alpha value is -5.74. The monoisotopic (exact) mass is 935 g/mol. The first-order chi connectivity index (χ1) is 29.7. The van der Waals surface area contributed by atoms with Crippen LogP contribution < -0.4 is 15.6 Å². The summed E-state index contributed by atoms with van der Waals surface area (Å²) in [5.74, 6) is 0. The van der Waals surface area contributed by atoms with Gasteiger partial charge < -0.3 is 0 Å². The molecule has 312 valence electrons. The largest absolute Gasteiger partial charge is 0.273 e. The predicted octanol–water partition coefficient (Wildman–Crippen LogP) is 14.7. The number of hydrogen-bond acceptors (Lipinski definition) is 0. The SMILES string of the molecule is Cl.Cl.Cl.[C-]1=C([Si](c2cc(-c3ccccc3)cc(-c3ccccc3)c2)(c2cc(-c3ccccc3)cc(-c3ccccc3)c2)c2cc(-c3ccccc3)cc(-c3ccccc3)c2)C=CC1.[Ti]. The Kier molecular flexibility index (Phi) is 16.2. The summed E-state index contributed by atoms with van der Waals surface area (Å²) in [6.45, 7) is 0. The molecule has 10 rings (SSSR count). The Morgan fingerprint density at radius 2 is 0.500 bits per heavy atom. The van der Waals surface area contributed by atoms with Gasteiger partial charge in [-0.25, -0.2) is 11.3 Å². The van der Waals surface area contributed by atoms with Gasteiger partial charge in [0.2, 0.25) is 0 Å². The van der Waals surface area contributed by atoms with Crippen LogP contribution in [0.3, 0.4) is 0 Å². The molecule has 9 aromatic rings. The number of benzene rings is 9. The van der Waals surface area contributed by atoms with Gasteiger partial charge in [-0.05, 0) is 101 Å². The van der Waals surface area contributed by atoms with Gasteiger partial charge in [0, 0.05) is 21.7 Å². The quantitative estimate of drug-likeness (QED) is 0.0728. The molecule has 0 saturated heterocycles. The summed E-state index contributed by atoms with van der Waals surface area (Å²) in [6.07, 6.45) is 9.48. The van der Waals surface area contributed by atoms with Crippen molar-refractivity contribution in [1.29, 1.82) is 0 Å². The van der Waals surface area contributed by atoms with Crippen molar-refractivity contribution in [3.8, 4) is 66.8 Å². The number of hydrogen-bond donors (Lipinski definition) is 0. The van der Waals surface area contributed by atoms with Crippen molar-refractivity contribution in [3.63, 3.8) is 0 Å². The zero-order valence-corrected chi connectivity index (χ0v) is 40.1. The number of halogens is 3. The van der Waals surface area contributed by atoms with Crippen LogP contribution in [0.4, 0.5) is 0 Å². The molecule has 0 aromatic heterocycles. The van der Waals surface area contributed by atoms with E-state index in [2.05, 4.69) is 255 Å². The summed E-state index contributed by atoms with van der Waals surface area (Å²) >= 11 is 0. The fraction of sp³-hybridized carbons (Fsp3) is 0.0169. The molecule has 0 N–H and O–H groups in total. The van der Waals surface area contributed by atoms with E-state index in [1.807, 2.05) is 0 Å². The number of rotatable bonds is 10. The maximum atomic E-state index is 4.02. The predicted molar refractivity (Wildman–Crippen MR) is 279 cm³/mol. The van der Waals surface area contributed by atoms with Crippen molar-refractivity contribution in [2.24, 2.45) is 0 Å². The van der Waals surface area contributed by atoms with Crippen molar-refractivity contribution in [2.75, 3.05) is 0 Å². The van der Waals surface area contributed by atoms with E-state index in [9.17, 15) is 0 Å². The third kappa shape index (κ3) is 9.67. The standard InChI is InChI=1S/C59H43Si.3ClH.Ti/c1-7-21-44(22-8-1)50-35-51(45-23-9-2-10-24-45)39-57(38-50)60(56-33-19-20-34-56,58-40-52(46-25-11-3-12-26-46)36-53(41-58)47-27-13-4-14-28-47)59-42-54(48-29-15-5-16-30-48)37-55(43-59)49-31-17-6-18-32-49;;;;/h1-19,21-33,35-43H,20H2;3*1H;/q-1;;;;. The minimum atomic E-state index is -3.26. The first kappa shape index (κ1) is 47.7. The summed E-state index contributed by atoms with van der Waals surface area (Å²) in [5.41, 5.74) is 14.4. The van der Waals surface area contributed by atoms with Crippen molar-refractivity contribution in [2.45, 2.75) is 6.42 Å². The topological polar surface area (TPSA) is 0 Å². The second-order valence-electron chi connectivity index (χ2n) is 15.5. The molecule has 0 atom stereocenters. The average molecular weight is 937 g/mol. The van der Waals surface area contributed by atoms with Crippen LogP contribution in [0.15, 0.2) is 254 Å².